The van der Waals surface area contributed by atoms with Crippen LogP contribution in [0.15, 0.2) is 47.1 Å². The molecule has 0 saturated heterocycles. The lowest BCUT2D eigenvalue weighted by Gasteiger charge is -2.18. The van der Waals surface area contributed by atoms with E-state index < -0.39 is 6.10 Å². The van der Waals surface area contributed by atoms with E-state index in [0.29, 0.717) is 13.0 Å². The standard InChI is InChI=1S/C16H19NO3/c1-3-14(20-15-9-5-4-7-12(15)2)16(18)17-11-13-8-6-10-19-13/h4-10,14H,3,11H2,1-2H3,(H,17,18). The van der Waals surface area contributed by atoms with Crippen LogP contribution in [-0.4, -0.2) is 12.0 Å². The molecule has 0 radical (unpaired) electrons. The highest BCUT2D eigenvalue weighted by atomic mass is 16.5. The molecule has 0 bridgehead atoms. The van der Waals surface area contributed by atoms with Crippen LogP contribution in [-0.2, 0) is 11.3 Å². The zero-order chi connectivity index (χ0) is 14.4. The van der Waals surface area contributed by atoms with Crippen molar-refractivity contribution in [1.82, 2.24) is 5.32 Å². The van der Waals surface area contributed by atoms with Crippen LogP contribution in [0, 0.1) is 6.92 Å². The summed E-state index contributed by atoms with van der Waals surface area (Å²) in [7, 11) is 0. The summed E-state index contributed by atoms with van der Waals surface area (Å²) in [5, 5.41) is 2.82. The highest BCUT2D eigenvalue weighted by Gasteiger charge is 2.18. The Morgan fingerprint density at radius 3 is 2.75 bits per heavy atom. The minimum absolute atomic E-state index is 0.132. The topological polar surface area (TPSA) is 51.5 Å². The first-order valence-corrected chi connectivity index (χ1v) is 6.73. The van der Waals surface area contributed by atoms with E-state index in [9.17, 15) is 4.79 Å². The molecule has 2 rings (SSSR count). The zero-order valence-corrected chi connectivity index (χ0v) is 11.8. The van der Waals surface area contributed by atoms with Gasteiger partial charge in [-0.2, -0.15) is 0 Å². The smallest absolute Gasteiger partial charge is 0.261 e. The molecule has 1 heterocycles. The van der Waals surface area contributed by atoms with Gasteiger partial charge in [-0.1, -0.05) is 25.1 Å². The molecule has 0 aliphatic rings. The summed E-state index contributed by atoms with van der Waals surface area (Å²) in [6.07, 6.45) is 1.70. The maximum Gasteiger partial charge on any atom is 0.261 e. The molecular formula is C16H19NO3. The van der Waals surface area contributed by atoms with Crippen molar-refractivity contribution in [2.45, 2.75) is 32.9 Å². The fourth-order valence-corrected chi connectivity index (χ4v) is 1.87. The van der Waals surface area contributed by atoms with Gasteiger partial charge < -0.3 is 14.5 Å². The van der Waals surface area contributed by atoms with Crippen LogP contribution in [0.1, 0.15) is 24.7 Å². The monoisotopic (exact) mass is 273 g/mol. The van der Waals surface area contributed by atoms with Crippen molar-refractivity contribution in [2.75, 3.05) is 0 Å². The Labute approximate surface area is 118 Å². The molecule has 2 aromatic rings. The number of nitrogens with one attached hydrogen (secondary N) is 1. The molecule has 0 aliphatic carbocycles. The summed E-state index contributed by atoms with van der Waals surface area (Å²) in [6.45, 7) is 4.26. The van der Waals surface area contributed by atoms with E-state index in [0.717, 1.165) is 17.1 Å². The Kier molecular flexibility index (Phi) is 4.82. The number of aryl methyl sites for hydroxylation is 1. The molecule has 20 heavy (non-hydrogen) atoms. The minimum Gasteiger partial charge on any atom is -0.480 e. The van der Waals surface area contributed by atoms with E-state index >= 15 is 0 Å². The molecule has 1 unspecified atom stereocenters. The van der Waals surface area contributed by atoms with Gasteiger partial charge in [0.05, 0.1) is 12.8 Å². The van der Waals surface area contributed by atoms with Crippen molar-refractivity contribution in [3.63, 3.8) is 0 Å². The van der Waals surface area contributed by atoms with Gasteiger partial charge in [0.1, 0.15) is 11.5 Å². The van der Waals surface area contributed by atoms with Crippen LogP contribution in [0.4, 0.5) is 0 Å². The summed E-state index contributed by atoms with van der Waals surface area (Å²) in [4.78, 5) is 12.1. The van der Waals surface area contributed by atoms with Gasteiger partial charge in [-0.25, -0.2) is 0 Å². The summed E-state index contributed by atoms with van der Waals surface area (Å²) < 4.78 is 11.0. The van der Waals surface area contributed by atoms with Gasteiger partial charge in [0.15, 0.2) is 6.10 Å². The predicted molar refractivity (Wildman–Crippen MR) is 76.4 cm³/mol. The first-order chi connectivity index (χ1) is 9.70. The molecule has 1 amide bonds. The largest absolute Gasteiger partial charge is 0.480 e. The number of amides is 1. The SMILES string of the molecule is CCC(Oc1ccccc1C)C(=O)NCc1ccco1. The third-order valence-electron chi connectivity index (χ3n) is 3.04. The van der Waals surface area contributed by atoms with Crippen molar-refractivity contribution in [2.24, 2.45) is 0 Å². The molecule has 1 atom stereocenters. The molecule has 0 fully saturated rings. The minimum atomic E-state index is -0.494. The van der Waals surface area contributed by atoms with Crippen molar-refractivity contribution in [3.05, 3.63) is 54.0 Å². The van der Waals surface area contributed by atoms with Crippen molar-refractivity contribution in [1.29, 1.82) is 0 Å². The van der Waals surface area contributed by atoms with E-state index in [1.165, 1.54) is 0 Å². The molecule has 106 valence electrons. The van der Waals surface area contributed by atoms with E-state index in [-0.39, 0.29) is 5.91 Å². The summed E-state index contributed by atoms with van der Waals surface area (Å²) >= 11 is 0. The molecule has 1 N–H and O–H groups in total. The predicted octanol–water partition coefficient (Wildman–Crippen LogP) is 3.06. The van der Waals surface area contributed by atoms with Crippen LogP contribution in [0.2, 0.25) is 0 Å². The third kappa shape index (κ3) is 3.63. The van der Waals surface area contributed by atoms with Crippen LogP contribution >= 0.6 is 0 Å². The first-order valence-electron chi connectivity index (χ1n) is 6.73. The lowest BCUT2D eigenvalue weighted by molar-refractivity contribution is -0.128. The number of hydrogen-bond donors (Lipinski definition) is 1. The quantitative estimate of drug-likeness (QED) is 0.880. The van der Waals surface area contributed by atoms with Gasteiger partial charge in [0, 0.05) is 0 Å². The average Bonchev–Trinajstić information content (AvgIpc) is 2.97. The Balaban J connectivity index is 1.94. The Bertz CT molecular complexity index is 549. The maximum absolute atomic E-state index is 12.1. The van der Waals surface area contributed by atoms with E-state index in [4.69, 9.17) is 9.15 Å². The van der Waals surface area contributed by atoms with Gasteiger partial charge in [0.2, 0.25) is 0 Å². The third-order valence-corrected chi connectivity index (χ3v) is 3.04. The lowest BCUT2D eigenvalue weighted by Crippen LogP contribution is -2.37. The van der Waals surface area contributed by atoms with Crippen molar-refractivity contribution >= 4 is 5.91 Å². The molecule has 0 saturated carbocycles. The molecule has 4 heteroatoms. The van der Waals surface area contributed by atoms with E-state index in [1.54, 1.807) is 12.3 Å². The number of carbonyl (C=O) groups excluding carboxylic acids is 1. The fourth-order valence-electron chi connectivity index (χ4n) is 1.87. The number of furan rings is 1. The second-order valence-electron chi connectivity index (χ2n) is 4.58. The van der Waals surface area contributed by atoms with Crippen molar-refractivity contribution < 1.29 is 13.9 Å². The normalized spacial score (nSPS) is 11.9. The highest BCUT2D eigenvalue weighted by Crippen LogP contribution is 2.18. The van der Waals surface area contributed by atoms with E-state index in [2.05, 4.69) is 5.32 Å². The summed E-state index contributed by atoms with van der Waals surface area (Å²) in [5.74, 6) is 1.34. The second kappa shape index (κ2) is 6.80. The highest BCUT2D eigenvalue weighted by molar-refractivity contribution is 5.81. The first kappa shape index (κ1) is 14.2. The summed E-state index contributed by atoms with van der Waals surface area (Å²) in [6, 6.07) is 11.3. The molecule has 4 nitrogen and oxygen atoms in total. The number of carbonyl (C=O) groups is 1. The van der Waals surface area contributed by atoms with Crippen LogP contribution in [0.3, 0.4) is 0 Å². The van der Waals surface area contributed by atoms with Crippen molar-refractivity contribution in [3.8, 4) is 5.75 Å². The maximum atomic E-state index is 12.1. The zero-order valence-electron chi connectivity index (χ0n) is 11.8. The second-order valence-corrected chi connectivity index (χ2v) is 4.58. The van der Waals surface area contributed by atoms with E-state index in [1.807, 2.05) is 44.2 Å². The Morgan fingerprint density at radius 2 is 2.10 bits per heavy atom. The van der Waals surface area contributed by atoms with Gasteiger partial charge in [-0.15, -0.1) is 0 Å². The fraction of sp³-hybridized carbons (Fsp3) is 0.312. The number of hydrogen-bond acceptors (Lipinski definition) is 3. The lowest BCUT2D eigenvalue weighted by atomic mass is 10.2. The van der Waals surface area contributed by atoms with Gasteiger partial charge in [-0.3, -0.25) is 4.79 Å². The number of benzene rings is 1. The van der Waals surface area contributed by atoms with Gasteiger partial charge in [-0.05, 0) is 37.1 Å². The molecular weight excluding hydrogens is 254 g/mol. The summed E-state index contributed by atoms with van der Waals surface area (Å²) in [5.41, 5.74) is 1.02. The number of rotatable bonds is 6. The Morgan fingerprint density at radius 1 is 1.30 bits per heavy atom. The molecule has 1 aromatic carbocycles. The Hall–Kier alpha value is -2.23. The molecule has 1 aromatic heterocycles. The number of para-hydroxylation sites is 1. The van der Waals surface area contributed by atoms with Crippen LogP contribution < -0.4 is 10.1 Å². The number of ether oxygens (including phenoxy) is 1. The van der Waals surface area contributed by atoms with Crippen LogP contribution in [0.25, 0.3) is 0 Å². The van der Waals surface area contributed by atoms with Gasteiger partial charge in [0.25, 0.3) is 5.91 Å². The average molecular weight is 273 g/mol. The molecule has 0 spiro atoms. The van der Waals surface area contributed by atoms with Crippen LogP contribution in [0.5, 0.6) is 5.75 Å². The van der Waals surface area contributed by atoms with Gasteiger partial charge >= 0.3 is 0 Å². The molecule has 0 aliphatic heterocycles.